The first kappa shape index (κ1) is 80.7. The first-order chi connectivity index (χ1) is 41.0. The molecule has 0 rings (SSSR count). The second-order valence-corrected chi connectivity index (χ2v) is 25.6. The molecule has 0 aromatic rings. The van der Waals surface area contributed by atoms with E-state index in [4.69, 9.17) is 18.5 Å². The van der Waals surface area contributed by atoms with E-state index in [-0.39, 0.29) is 32.0 Å². The minimum absolute atomic E-state index is 0.0258. The fourth-order valence-electron chi connectivity index (χ4n) is 9.54. The van der Waals surface area contributed by atoms with Gasteiger partial charge in [-0.05, 0) is 83.5 Å². The molecule has 0 aliphatic carbocycles. The highest BCUT2D eigenvalue weighted by Crippen LogP contribution is 2.43. The van der Waals surface area contributed by atoms with Crippen LogP contribution in [-0.4, -0.2) is 74.9 Å². The van der Waals surface area contributed by atoms with E-state index >= 15 is 0 Å². The van der Waals surface area contributed by atoms with E-state index in [1.807, 2.05) is 21.1 Å². The summed E-state index contributed by atoms with van der Waals surface area (Å²) in [5.74, 6) is -0.804. The fourth-order valence-corrected chi connectivity index (χ4v) is 10.3. The Morgan fingerprint density at radius 2 is 0.679 bits per heavy atom. The van der Waals surface area contributed by atoms with Crippen molar-refractivity contribution in [2.24, 2.45) is 0 Å². The molecule has 2 unspecified atom stereocenters. The van der Waals surface area contributed by atoms with E-state index in [1.54, 1.807) is 0 Å². The number of hydrogen-bond donors (Lipinski definition) is 1. The monoisotopic (exact) mass is 1190 g/mol. The Morgan fingerprint density at radius 1 is 0.381 bits per heavy atom. The van der Waals surface area contributed by atoms with Gasteiger partial charge in [0, 0.05) is 12.8 Å². The van der Waals surface area contributed by atoms with Gasteiger partial charge in [0.1, 0.15) is 19.8 Å². The average molecular weight is 1190 g/mol. The maximum Gasteiger partial charge on any atom is 0.472 e. The molecule has 10 heteroatoms. The Labute approximate surface area is 518 Å². The van der Waals surface area contributed by atoms with Crippen molar-refractivity contribution in [1.82, 2.24) is 0 Å². The van der Waals surface area contributed by atoms with Crippen LogP contribution in [0.15, 0.2) is 109 Å². The van der Waals surface area contributed by atoms with Gasteiger partial charge in [-0.3, -0.25) is 18.6 Å². The summed E-state index contributed by atoms with van der Waals surface area (Å²) in [7, 11) is 1.47. The van der Waals surface area contributed by atoms with Crippen molar-refractivity contribution in [2.75, 3.05) is 47.5 Å². The summed E-state index contributed by atoms with van der Waals surface area (Å²) in [5.41, 5.74) is 0. The SMILES string of the molecule is CC/C=C\C/C=C\C/C=C\C/C=C\C/C=C\C/C=C\C/C=C\C/C=C\C/C=C\CCCCCCCCCC(=O)OC(COC(=O)CCCCCCCCCCCCCCCCCCCCCCCCCCC)COP(=O)(O)OCC[N+](C)(C)C. The number of quaternary nitrogens is 1. The van der Waals surface area contributed by atoms with E-state index in [1.165, 1.54) is 161 Å². The van der Waals surface area contributed by atoms with Gasteiger partial charge in [0.2, 0.25) is 0 Å². The van der Waals surface area contributed by atoms with Gasteiger partial charge in [0.15, 0.2) is 6.10 Å². The quantitative estimate of drug-likeness (QED) is 0.0211. The third kappa shape index (κ3) is 67.8. The van der Waals surface area contributed by atoms with E-state index in [0.717, 1.165) is 103 Å². The third-order valence-electron chi connectivity index (χ3n) is 14.8. The standard InChI is InChI=1S/C74H130NO8P/c1-6-8-10-12-14-16-18-20-22-24-26-28-30-32-33-34-35-36-37-38-39-40-41-43-45-47-49-51-53-55-57-59-61-63-65-67-74(77)83-72(71-82-84(78,79)81-69-68-75(3,4)5)70-80-73(76)66-64-62-60-58-56-54-52-50-48-46-44-42-31-29-27-25-23-21-19-17-15-13-11-9-7-2/h8,10,14,16,20,22,26,28,32-33,35-36,38-39,41,43,47,49,72H,6-7,9,11-13,15,17-19,21,23-25,27,29-31,34,37,40,42,44-46,48,50-71H2,1-5H3/p+1/b10-8-,16-14-,22-20-,28-26-,33-32-,36-35-,39-38-,43-41-,49-47-. The van der Waals surface area contributed by atoms with E-state index in [2.05, 4.69) is 123 Å². The minimum Gasteiger partial charge on any atom is -0.462 e. The normalized spacial score (nSPS) is 13.8. The number of carbonyl (C=O) groups excluding carboxylic acids is 2. The van der Waals surface area contributed by atoms with E-state index in [9.17, 15) is 19.0 Å². The lowest BCUT2D eigenvalue weighted by Gasteiger charge is -2.24. The van der Waals surface area contributed by atoms with Gasteiger partial charge in [0.25, 0.3) is 0 Å². The number of allylic oxidation sites excluding steroid dienone is 18. The van der Waals surface area contributed by atoms with Gasteiger partial charge in [-0.2, -0.15) is 0 Å². The molecule has 84 heavy (non-hydrogen) atoms. The molecular formula is C74H131NO8P+. The summed E-state index contributed by atoms with van der Waals surface area (Å²) in [5, 5.41) is 0. The van der Waals surface area contributed by atoms with Crippen LogP contribution in [-0.2, 0) is 32.7 Å². The van der Waals surface area contributed by atoms with Gasteiger partial charge in [0.05, 0.1) is 27.7 Å². The van der Waals surface area contributed by atoms with Crippen LogP contribution in [0.4, 0.5) is 0 Å². The van der Waals surface area contributed by atoms with Crippen LogP contribution in [0.2, 0.25) is 0 Å². The van der Waals surface area contributed by atoms with Gasteiger partial charge in [-0.25, -0.2) is 4.57 Å². The molecule has 0 aliphatic heterocycles. The van der Waals surface area contributed by atoms with Crippen molar-refractivity contribution in [3.63, 3.8) is 0 Å². The number of likely N-dealkylation sites (N-methyl/N-ethyl adjacent to an activating group) is 1. The van der Waals surface area contributed by atoms with Crippen LogP contribution < -0.4 is 0 Å². The zero-order chi connectivity index (χ0) is 61.2. The second-order valence-electron chi connectivity index (χ2n) is 24.2. The molecule has 0 aromatic carbocycles. The zero-order valence-corrected chi connectivity index (χ0v) is 56.0. The van der Waals surface area contributed by atoms with Crippen molar-refractivity contribution < 1.29 is 42.1 Å². The molecule has 0 bridgehead atoms. The van der Waals surface area contributed by atoms with Crippen molar-refractivity contribution in [3.8, 4) is 0 Å². The van der Waals surface area contributed by atoms with Crippen LogP contribution in [0.3, 0.4) is 0 Å². The Kier molecular flexibility index (Phi) is 61.6. The predicted molar refractivity (Wildman–Crippen MR) is 362 cm³/mol. The Bertz CT molecular complexity index is 1790. The van der Waals surface area contributed by atoms with Crippen molar-refractivity contribution in [2.45, 2.75) is 302 Å². The average Bonchev–Trinajstić information content (AvgIpc) is 3.61. The highest BCUT2D eigenvalue weighted by Gasteiger charge is 2.27. The smallest absolute Gasteiger partial charge is 0.462 e. The van der Waals surface area contributed by atoms with Crippen LogP contribution >= 0.6 is 7.82 Å². The molecule has 0 amide bonds. The first-order valence-electron chi connectivity index (χ1n) is 34.6. The molecule has 1 N–H and O–H groups in total. The molecule has 0 radical (unpaired) electrons. The number of phosphoric ester groups is 1. The summed E-state index contributed by atoms with van der Waals surface area (Å²) < 4.78 is 34.7. The zero-order valence-electron chi connectivity index (χ0n) is 55.1. The number of unbranched alkanes of at least 4 members (excludes halogenated alkanes) is 31. The largest absolute Gasteiger partial charge is 0.472 e. The molecule has 2 atom stereocenters. The molecule has 0 aromatic heterocycles. The van der Waals surface area contributed by atoms with Crippen LogP contribution in [0, 0.1) is 0 Å². The minimum atomic E-state index is -4.40. The lowest BCUT2D eigenvalue weighted by Crippen LogP contribution is -2.37. The second kappa shape index (κ2) is 64.2. The molecule has 484 valence electrons. The summed E-state index contributed by atoms with van der Waals surface area (Å²) in [6.45, 7) is 4.34. The molecule has 0 spiro atoms. The maximum absolute atomic E-state index is 12.9. The Morgan fingerprint density at radius 3 is 1.01 bits per heavy atom. The first-order valence-corrected chi connectivity index (χ1v) is 36.1. The predicted octanol–water partition coefficient (Wildman–Crippen LogP) is 22.5. The fraction of sp³-hybridized carbons (Fsp3) is 0.730. The summed E-state index contributed by atoms with van der Waals surface area (Å²) in [6, 6.07) is 0. The van der Waals surface area contributed by atoms with Gasteiger partial charge in [-0.1, -0.05) is 309 Å². The number of carbonyl (C=O) groups is 2. The summed E-state index contributed by atoms with van der Waals surface area (Å²) in [6.07, 6.45) is 90.4. The summed E-state index contributed by atoms with van der Waals surface area (Å²) >= 11 is 0. The lowest BCUT2D eigenvalue weighted by molar-refractivity contribution is -0.870. The molecule has 0 saturated heterocycles. The highest BCUT2D eigenvalue weighted by atomic mass is 31.2. The number of rotatable bonds is 63. The molecule has 0 fully saturated rings. The van der Waals surface area contributed by atoms with Gasteiger partial charge in [-0.15, -0.1) is 0 Å². The Balaban J connectivity index is 4.12. The van der Waals surface area contributed by atoms with E-state index < -0.39 is 26.5 Å². The number of ether oxygens (including phenoxy) is 2. The molecule has 0 heterocycles. The van der Waals surface area contributed by atoms with Gasteiger partial charge < -0.3 is 18.9 Å². The topological polar surface area (TPSA) is 108 Å². The number of nitrogens with zero attached hydrogens (tertiary/aromatic N) is 1. The van der Waals surface area contributed by atoms with Crippen LogP contribution in [0.1, 0.15) is 296 Å². The third-order valence-corrected chi connectivity index (χ3v) is 15.8. The summed E-state index contributed by atoms with van der Waals surface area (Å²) in [4.78, 5) is 35.9. The van der Waals surface area contributed by atoms with Crippen molar-refractivity contribution in [1.29, 1.82) is 0 Å². The van der Waals surface area contributed by atoms with Crippen molar-refractivity contribution >= 4 is 19.8 Å². The van der Waals surface area contributed by atoms with Crippen LogP contribution in [0.25, 0.3) is 0 Å². The highest BCUT2D eigenvalue weighted by molar-refractivity contribution is 7.47. The molecular weight excluding hydrogens is 1060 g/mol. The molecule has 0 aliphatic rings. The van der Waals surface area contributed by atoms with Crippen LogP contribution in [0.5, 0.6) is 0 Å². The number of phosphoric acid groups is 1. The molecule has 9 nitrogen and oxygen atoms in total. The van der Waals surface area contributed by atoms with Gasteiger partial charge >= 0.3 is 19.8 Å². The number of hydrogen-bond acceptors (Lipinski definition) is 7. The lowest BCUT2D eigenvalue weighted by atomic mass is 10.0. The Hall–Kier alpha value is -3.33. The van der Waals surface area contributed by atoms with Crippen molar-refractivity contribution in [3.05, 3.63) is 109 Å². The number of esters is 2. The molecule has 0 saturated carbocycles. The van der Waals surface area contributed by atoms with E-state index in [0.29, 0.717) is 17.4 Å². The maximum atomic E-state index is 12.9.